The molecule has 1 aliphatic rings. The summed E-state index contributed by atoms with van der Waals surface area (Å²) in [7, 11) is 1.66. The molecule has 0 aliphatic heterocycles. The zero-order valence-electron chi connectivity index (χ0n) is 23.1. The molecule has 0 radical (unpaired) electrons. The molecule has 9 nitrogen and oxygen atoms in total. The Morgan fingerprint density at radius 1 is 1.16 bits per heavy atom. The molecule has 9 heteroatoms. The Morgan fingerprint density at radius 3 is 2.38 bits per heavy atom. The number of amidine groups is 1. The molecule has 1 amide bonds. The Labute approximate surface area is 220 Å². The maximum absolute atomic E-state index is 13.1. The van der Waals surface area contributed by atoms with Crippen molar-refractivity contribution >= 4 is 17.9 Å². The van der Waals surface area contributed by atoms with E-state index in [9.17, 15) is 9.59 Å². The number of oxime groups is 1. The van der Waals surface area contributed by atoms with Gasteiger partial charge in [0.15, 0.2) is 5.84 Å². The number of rotatable bonds is 11. The van der Waals surface area contributed by atoms with Crippen molar-refractivity contribution in [2.45, 2.75) is 84.5 Å². The number of hydrogen-bond donors (Lipinski definition) is 1. The lowest BCUT2D eigenvalue weighted by Gasteiger charge is -2.45. The van der Waals surface area contributed by atoms with Gasteiger partial charge in [0.1, 0.15) is 11.1 Å². The number of nitrogens with two attached hydrogens (primary N) is 1. The third-order valence-electron chi connectivity index (χ3n) is 6.29. The molecule has 0 aromatic heterocycles. The fourth-order valence-corrected chi connectivity index (χ4v) is 4.24. The molecule has 1 aliphatic carbocycles. The summed E-state index contributed by atoms with van der Waals surface area (Å²) in [4.78, 5) is 32.2. The minimum absolute atomic E-state index is 0.0367. The zero-order chi connectivity index (χ0) is 27.5. The van der Waals surface area contributed by atoms with Crippen molar-refractivity contribution < 1.29 is 28.6 Å². The largest absolute Gasteiger partial charge is 0.460 e. The third kappa shape index (κ3) is 9.07. The third-order valence-corrected chi connectivity index (χ3v) is 6.29. The number of hydrogen-bond acceptors (Lipinski definition) is 7. The highest BCUT2D eigenvalue weighted by Crippen LogP contribution is 2.37. The van der Waals surface area contributed by atoms with Gasteiger partial charge in [0, 0.05) is 13.7 Å². The second-order valence-corrected chi connectivity index (χ2v) is 10.3. The van der Waals surface area contributed by atoms with Gasteiger partial charge in [-0.2, -0.15) is 0 Å². The van der Waals surface area contributed by atoms with Crippen LogP contribution < -0.4 is 5.73 Å². The summed E-state index contributed by atoms with van der Waals surface area (Å²) in [6.07, 6.45) is 4.28. The molecule has 0 bridgehead atoms. The lowest BCUT2D eigenvalue weighted by molar-refractivity contribution is -0.142. The van der Waals surface area contributed by atoms with Crippen molar-refractivity contribution in [3.63, 3.8) is 0 Å². The minimum Gasteiger partial charge on any atom is -0.460 e. The van der Waals surface area contributed by atoms with Crippen LogP contribution in [0.25, 0.3) is 0 Å². The molecule has 206 valence electrons. The van der Waals surface area contributed by atoms with Crippen LogP contribution >= 0.6 is 0 Å². The monoisotopic (exact) mass is 517 g/mol. The standard InChI is InChI=1S/C28H43N3O6/c1-7-12-23(24(32)35-8-2)37-30-25(29)28(31(6)26(33)36-27(3,4)5)17-15-22(16-18-28)20-34-19-21-13-10-9-11-14-21/h9-14,22H,7-8,15-20H2,1-6H3,(H2,29,30). The number of likely N-dealkylation sites (N-methyl/N-ethyl adjacent to an activating group) is 1. The van der Waals surface area contributed by atoms with Gasteiger partial charge in [-0.15, -0.1) is 0 Å². The van der Waals surface area contributed by atoms with Crippen molar-refractivity contribution in [1.82, 2.24) is 4.90 Å². The van der Waals surface area contributed by atoms with Crippen LogP contribution in [0.4, 0.5) is 4.79 Å². The first-order valence-electron chi connectivity index (χ1n) is 13.0. The molecule has 1 aromatic carbocycles. The highest BCUT2D eigenvalue weighted by Gasteiger charge is 2.46. The van der Waals surface area contributed by atoms with Gasteiger partial charge in [-0.05, 0) is 77.4 Å². The predicted octanol–water partition coefficient (Wildman–Crippen LogP) is 5.14. The predicted molar refractivity (Wildman–Crippen MR) is 142 cm³/mol. The van der Waals surface area contributed by atoms with Crippen molar-refractivity contribution in [3.8, 4) is 0 Å². The fourth-order valence-electron chi connectivity index (χ4n) is 4.24. The molecule has 2 rings (SSSR count). The molecule has 0 unspecified atom stereocenters. The second-order valence-electron chi connectivity index (χ2n) is 10.3. The van der Waals surface area contributed by atoms with Gasteiger partial charge in [-0.25, -0.2) is 9.59 Å². The normalized spacial score (nSPS) is 20.8. The van der Waals surface area contributed by atoms with Crippen molar-refractivity contribution in [3.05, 3.63) is 47.7 Å². The number of esters is 1. The van der Waals surface area contributed by atoms with E-state index in [1.165, 1.54) is 4.90 Å². The first kappa shape index (κ1) is 30.2. The molecule has 2 N–H and O–H groups in total. The van der Waals surface area contributed by atoms with Crippen LogP contribution in [0.15, 0.2) is 47.3 Å². The van der Waals surface area contributed by atoms with Gasteiger partial charge >= 0.3 is 12.1 Å². The van der Waals surface area contributed by atoms with E-state index in [1.807, 2.05) is 58.0 Å². The van der Waals surface area contributed by atoms with E-state index in [0.717, 1.165) is 18.4 Å². The first-order chi connectivity index (χ1) is 17.5. The maximum atomic E-state index is 13.1. The number of ether oxygens (including phenoxy) is 3. The van der Waals surface area contributed by atoms with E-state index in [0.29, 0.717) is 38.4 Å². The molecule has 1 saturated carbocycles. The fraction of sp³-hybridized carbons (Fsp3) is 0.607. The second kappa shape index (κ2) is 14.0. The highest BCUT2D eigenvalue weighted by molar-refractivity contribution is 5.93. The zero-order valence-corrected chi connectivity index (χ0v) is 23.1. The topological polar surface area (TPSA) is 113 Å². The number of carbonyl (C=O) groups is 2. The Balaban J connectivity index is 2.17. The SMILES string of the molecule is CCC=C(ON=C(N)C1(N(C)C(=O)OC(C)(C)C)CCC(COCc2ccccc2)CC1)C(=O)OCC. The molecule has 1 aromatic rings. The lowest BCUT2D eigenvalue weighted by Crippen LogP contribution is -2.60. The summed E-state index contributed by atoms with van der Waals surface area (Å²) in [6.45, 7) is 10.4. The molecule has 0 heterocycles. The Morgan fingerprint density at radius 2 is 1.81 bits per heavy atom. The van der Waals surface area contributed by atoms with Crippen molar-refractivity contribution in [2.75, 3.05) is 20.3 Å². The summed E-state index contributed by atoms with van der Waals surface area (Å²) in [5.41, 5.74) is 6.02. The summed E-state index contributed by atoms with van der Waals surface area (Å²) < 4.78 is 16.6. The summed E-state index contributed by atoms with van der Waals surface area (Å²) >= 11 is 0. The van der Waals surface area contributed by atoms with Gasteiger partial charge in [0.2, 0.25) is 5.76 Å². The summed E-state index contributed by atoms with van der Waals surface area (Å²) in [5.74, 6) is -0.233. The summed E-state index contributed by atoms with van der Waals surface area (Å²) in [5, 5.41) is 4.11. The van der Waals surface area contributed by atoms with Crippen LogP contribution in [0.3, 0.4) is 0 Å². The van der Waals surface area contributed by atoms with Crippen LogP contribution in [0.1, 0.15) is 72.3 Å². The minimum atomic E-state index is -0.926. The molecular formula is C28H43N3O6. The van der Waals surface area contributed by atoms with Crippen LogP contribution in [-0.4, -0.2) is 54.2 Å². The number of nitrogens with zero attached hydrogens (tertiary/aromatic N) is 2. The van der Waals surface area contributed by atoms with E-state index in [4.69, 9.17) is 24.8 Å². The van der Waals surface area contributed by atoms with Crippen LogP contribution in [0.2, 0.25) is 0 Å². The molecule has 0 spiro atoms. The number of allylic oxidation sites excluding steroid dienone is 1. The Hall–Kier alpha value is -3.07. The lowest BCUT2D eigenvalue weighted by atomic mass is 9.75. The molecule has 0 saturated heterocycles. The number of carbonyl (C=O) groups excluding carboxylic acids is 2. The van der Waals surface area contributed by atoms with Crippen LogP contribution in [0.5, 0.6) is 0 Å². The maximum Gasteiger partial charge on any atom is 0.410 e. The smallest absolute Gasteiger partial charge is 0.410 e. The van der Waals surface area contributed by atoms with E-state index in [-0.39, 0.29) is 18.2 Å². The van der Waals surface area contributed by atoms with Gasteiger partial charge in [0.05, 0.1) is 13.2 Å². The van der Waals surface area contributed by atoms with E-state index in [2.05, 4.69) is 5.16 Å². The van der Waals surface area contributed by atoms with Gasteiger partial charge < -0.3 is 24.8 Å². The van der Waals surface area contributed by atoms with E-state index in [1.54, 1.807) is 20.0 Å². The summed E-state index contributed by atoms with van der Waals surface area (Å²) in [6, 6.07) is 10.0. The molecule has 37 heavy (non-hydrogen) atoms. The average molecular weight is 518 g/mol. The Kier molecular flexibility index (Phi) is 11.4. The molecular weight excluding hydrogens is 474 g/mol. The van der Waals surface area contributed by atoms with E-state index < -0.39 is 23.2 Å². The van der Waals surface area contributed by atoms with Gasteiger partial charge in [0.25, 0.3) is 0 Å². The van der Waals surface area contributed by atoms with Gasteiger partial charge in [-0.3, -0.25) is 4.90 Å². The van der Waals surface area contributed by atoms with Crippen molar-refractivity contribution in [1.29, 1.82) is 0 Å². The molecule has 1 fully saturated rings. The van der Waals surface area contributed by atoms with E-state index >= 15 is 0 Å². The first-order valence-corrected chi connectivity index (χ1v) is 13.0. The number of amides is 1. The quantitative estimate of drug-likeness (QED) is 0.108. The van der Waals surface area contributed by atoms with Crippen LogP contribution in [-0.2, 0) is 30.4 Å². The highest BCUT2D eigenvalue weighted by atomic mass is 16.7. The van der Waals surface area contributed by atoms with Crippen LogP contribution in [0, 0.1) is 5.92 Å². The average Bonchev–Trinajstić information content (AvgIpc) is 2.86. The van der Waals surface area contributed by atoms with Gasteiger partial charge in [-0.1, -0.05) is 42.4 Å². The molecule has 0 atom stereocenters. The number of benzene rings is 1. The van der Waals surface area contributed by atoms with Crippen molar-refractivity contribution in [2.24, 2.45) is 16.8 Å². The Bertz CT molecular complexity index is 931.